The van der Waals surface area contributed by atoms with Gasteiger partial charge in [0, 0.05) is 18.2 Å². The van der Waals surface area contributed by atoms with Crippen LogP contribution in [0.2, 0.25) is 0 Å². The Morgan fingerprint density at radius 2 is 2.12 bits per heavy atom. The topological polar surface area (TPSA) is 38.1 Å². The highest BCUT2D eigenvalue weighted by molar-refractivity contribution is 5.17. The maximum atomic E-state index is 13.2. The zero-order valence-electron chi connectivity index (χ0n) is 9.03. The van der Waals surface area contributed by atoms with Crippen LogP contribution in [0.1, 0.15) is 17.0 Å². The molecule has 1 N–H and O–H groups in total. The van der Waals surface area contributed by atoms with Crippen LogP contribution in [0.4, 0.5) is 4.39 Å². The van der Waals surface area contributed by atoms with Crippen molar-refractivity contribution >= 4 is 0 Å². The second-order valence-electron chi connectivity index (χ2n) is 3.63. The smallest absolute Gasteiger partial charge is 0.150 e. The highest BCUT2D eigenvalue weighted by Gasteiger charge is 2.02. The molecule has 0 bridgehead atoms. The van der Waals surface area contributed by atoms with Crippen molar-refractivity contribution in [2.75, 3.05) is 0 Å². The predicted octanol–water partition coefficient (Wildman–Crippen LogP) is 2.41. The van der Waals surface area contributed by atoms with Gasteiger partial charge >= 0.3 is 0 Å². The lowest BCUT2D eigenvalue weighted by molar-refractivity contribution is 0.369. The van der Waals surface area contributed by atoms with E-state index in [0.717, 1.165) is 11.5 Å². The molecule has 1 heterocycles. The first kappa shape index (κ1) is 10.8. The molecule has 2 rings (SSSR count). The molecule has 0 aliphatic carbocycles. The van der Waals surface area contributed by atoms with Crippen LogP contribution in [0.3, 0.4) is 0 Å². The van der Waals surface area contributed by atoms with E-state index in [2.05, 4.69) is 10.5 Å². The van der Waals surface area contributed by atoms with Crippen LogP contribution < -0.4 is 5.32 Å². The quantitative estimate of drug-likeness (QED) is 0.859. The summed E-state index contributed by atoms with van der Waals surface area (Å²) in [6.07, 6.45) is 0. The predicted molar refractivity (Wildman–Crippen MR) is 58.2 cm³/mol. The number of halogens is 1. The average molecular weight is 220 g/mol. The number of rotatable bonds is 4. The van der Waals surface area contributed by atoms with Crippen molar-refractivity contribution in [2.45, 2.75) is 20.0 Å². The second-order valence-corrected chi connectivity index (χ2v) is 3.63. The number of nitrogens with one attached hydrogen (secondary N) is 1. The van der Waals surface area contributed by atoms with Gasteiger partial charge in [-0.05, 0) is 13.0 Å². The van der Waals surface area contributed by atoms with E-state index in [-0.39, 0.29) is 5.82 Å². The van der Waals surface area contributed by atoms with Crippen LogP contribution in [0.5, 0.6) is 0 Å². The first-order valence-corrected chi connectivity index (χ1v) is 5.12. The standard InChI is InChI=1S/C12H13FN2O/c1-9-6-11(16-15-9)8-14-7-10-4-2-3-5-12(10)13/h2-6,14H,7-8H2,1H3. The molecule has 0 atom stereocenters. The molecule has 1 aromatic heterocycles. The Hall–Kier alpha value is -1.68. The summed E-state index contributed by atoms with van der Waals surface area (Å²) < 4.78 is 18.3. The minimum absolute atomic E-state index is 0.191. The molecule has 16 heavy (non-hydrogen) atoms. The van der Waals surface area contributed by atoms with Gasteiger partial charge in [0.05, 0.1) is 12.2 Å². The Labute approximate surface area is 93.3 Å². The Kier molecular flexibility index (Phi) is 3.31. The Balaban J connectivity index is 1.87. The van der Waals surface area contributed by atoms with Crippen molar-refractivity contribution in [2.24, 2.45) is 0 Å². The fourth-order valence-electron chi connectivity index (χ4n) is 1.46. The van der Waals surface area contributed by atoms with Crippen LogP contribution >= 0.6 is 0 Å². The molecule has 3 nitrogen and oxygen atoms in total. The van der Waals surface area contributed by atoms with Crippen molar-refractivity contribution in [1.29, 1.82) is 0 Å². The normalized spacial score (nSPS) is 10.6. The molecule has 0 aliphatic rings. The molecule has 0 unspecified atom stereocenters. The number of hydrogen-bond donors (Lipinski definition) is 1. The van der Waals surface area contributed by atoms with Gasteiger partial charge in [-0.2, -0.15) is 0 Å². The highest BCUT2D eigenvalue weighted by atomic mass is 19.1. The summed E-state index contributed by atoms with van der Waals surface area (Å²) in [6.45, 7) is 2.89. The van der Waals surface area contributed by atoms with Gasteiger partial charge in [-0.15, -0.1) is 0 Å². The van der Waals surface area contributed by atoms with E-state index in [4.69, 9.17) is 4.52 Å². The molecule has 4 heteroatoms. The monoisotopic (exact) mass is 220 g/mol. The van der Waals surface area contributed by atoms with Crippen LogP contribution in [0.15, 0.2) is 34.9 Å². The average Bonchev–Trinajstić information content (AvgIpc) is 2.67. The van der Waals surface area contributed by atoms with Gasteiger partial charge in [0.2, 0.25) is 0 Å². The third kappa shape index (κ3) is 2.67. The SMILES string of the molecule is Cc1cc(CNCc2ccccc2F)on1. The minimum Gasteiger partial charge on any atom is -0.360 e. The number of hydrogen-bond acceptors (Lipinski definition) is 3. The lowest BCUT2D eigenvalue weighted by Crippen LogP contribution is -2.13. The van der Waals surface area contributed by atoms with E-state index >= 15 is 0 Å². The van der Waals surface area contributed by atoms with Crippen LogP contribution in [0.25, 0.3) is 0 Å². The fourth-order valence-corrected chi connectivity index (χ4v) is 1.46. The third-order valence-electron chi connectivity index (χ3n) is 2.25. The van der Waals surface area contributed by atoms with E-state index < -0.39 is 0 Å². The summed E-state index contributed by atoms with van der Waals surface area (Å²) in [4.78, 5) is 0. The van der Waals surface area contributed by atoms with Crippen molar-refractivity contribution in [1.82, 2.24) is 10.5 Å². The maximum absolute atomic E-state index is 13.2. The van der Waals surface area contributed by atoms with Gasteiger partial charge in [-0.25, -0.2) is 4.39 Å². The van der Waals surface area contributed by atoms with Gasteiger partial charge in [0.25, 0.3) is 0 Å². The molecule has 0 fully saturated rings. The molecule has 84 valence electrons. The molecule has 0 radical (unpaired) electrons. The Morgan fingerprint density at radius 3 is 2.81 bits per heavy atom. The minimum atomic E-state index is -0.191. The Bertz CT molecular complexity index is 468. The summed E-state index contributed by atoms with van der Waals surface area (Å²) in [5.41, 5.74) is 1.50. The summed E-state index contributed by atoms with van der Waals surface area (Å²) in [6, 6.07) is 8.56. The van der Waals surface area contributed by atoms with Crippen LogP contribution in [-0.2, 0) is 13.1 Å². The molecule has 0 aliphatic heterocycles. The number of aryl methyl sites for hydroxylation is 1. The number of benzene rings is 1. The van der Waals surface area contributed by atoms with Gasteiger partial charge in [0.1, 0.15) is 5.82 Å². The maximum Gasteiger partial charge on any atom is 0.150 e. The molecular weight excluding hydrogens is 207 g/mol. The first-order chi connectivity index (χ1) is 7.75. The molecular formula is C12H13FN2O. The molecule has 0 saturated heterocycles. The largest absolute Gasteiger partial charge is 0.360 e. The summed E-state index contributed by atoms with van der Waals surface area (Å²) in [5.74, 6) is 0.567. The zero-order valence-corrected chi connectivity index (χ0v) is 9.03. The van der Waals surface area contributed by atoms with Crippen molar-refractivity contribution < 1.29 is 8.91 Å². The fraction of sp³-hybridized carbons (Fsp3) is 0.250. The highest BCUT2D eigenvalue weighted by Crippen LogP contribution is 2.06. The number of aromatic nitrogens is 1. The van der Waals surface area contributed by atoms with Gasteiger partial charge < -0.3 is 9.84 Å². The summed E-state index contributed by atoms with van der Waals surface area (Å²) in [7, 11) is 0. The lowest BCUT2D eigenvalue weighted by Gasteiger charge is -2.03. The van der Waals surface area contributed by atoms with E-state index in [0.29, 0.717) is 18.7 Å². The first-order valence-electron chi connectivity index (χ1n) is 5.12. The van der Waals surface area contributed by atoms with E-state index in [1.807, 2.05) is 19.1 Å². The molecule has 0 spiro atoms. The van der Waals surface area contributed by atoms with Crippen molar-refractivity contribution in [3.05, 3.63) is 53.2 Å². The summed E-state index contributed by atoms with van der Waals surface area (Å²) in [5, 5.41) is 6.87. The lowest BCUT2D eigenvalue weighted by atomic mass is 10.2. The van der Waals surface area contributed by atoms with Crippen LogP contribution in [-0.4, -0.2) is 5.16 Å². The number of nitrogens with zero attached hydrogens (tertiary/aromatic N) is 1. The summed E-state index contributed by atoms with van der Waals surface area (Å²) >= 11 is 0. The van der Waals surface area contributed by atoms with E-state index in [1.54, 1.807) is 12.1 Å². The zero-order chi connectivity index (χ0) is 11.4. The second kappa shape index (κ2) is 4.90. The Morgan fingerprint density at radius 1 is 1.31 bits per heavy atom. The van der Waals surface area contributed by atoms with Gasteiger partial charge in [-0.1, -0.05) is 23.4 Å². The van der Waals surface area contributed by atoms with Crippen LogP contribution in [0, 0.1) is 12.7 Å². The molecule has 0 saturated carbocycles. The molecule has 0 amide bonds. The van der Waals surface area contributed by atoms with Gasteiger partial charge in [-0.3, -0.25) is 0 Å². The van der Waals surface area contributed by atoms with E-state index in [1.165, 1.54) is 6.07 Å². The van der Waals surface area contributed by atoms with Gasteiger partial charge in [0.15, 0.2) is 5.76 Å². The van der Waals surface area contributed by atoms with E-state index in [9.17, 15) is 4.39 Å². The third-order valence-corrected chi connectivity index (χ3v) is 2.25. The molecule has 1 aromatic carbocycles. The van der Waals surface area contributed by atoms with Crippen molar-refractivity contribution in [3.63, 3.8) is 0 Å². The van der Waals surface area contributed by atoms with Crippen molar-refractivity contribution in [3.8, 4) is 0 Å². The molecule has 2 aromatic rings.